The molecule has 1 aliphatic rings. The van der Waals surface area contributed by atoms with Crippen molar-refractivity contribution in [2.45, 2.75) is 78.0 Å². The van der Waals surface area contributed by atoms with E-state index in [0.29, 0.717) is 17.5 Å². The van der Waals surface area contributed by atoms with Gasteiger partial charge in [-0.3, -0.25) is 0 Å². The maximum Gasteiger partial charge on any atom is 0.0555 e. The zero-order chi connectivity index (χ0) is 12.3. The smallest absolute Gasteiger partial charge is 0.0555 e. The topological polar surface area (TPSA) is 23.5 Å². The first-order valence-electron chi connectivity index (χ1n) is 6.78. The zero-order valence-electron chi connectivity index (χ0n) is 11.7. The van der Waals surface area contributed by atoms with E-state index in [1.807, 2.05) is 0 Å². The third kappa shape index (κ3) is 3.21. The standard InChI is InChI=1S/C14H29NO/c1-6-7-11(2)15(5)13-10-12(16)8-9-14(13,3)4/h11-13,16H,6-10H2,1-5H3. The van der Waals surface area contributed by atoms with Gasteiger partial charge in [0.2, 0.25) is 0 Å². The number of aliphatic hydroxyl groups is 1. The Morgan fingerprint density at radius 2 is 2.06 bits per heavy atom. The molecule has 0 amide bonds. The van der Waals surface area contributed by atoms with E-state index in [1.54, 1.807) is 0 Å². The summed E-state index contributed by atoms with van der Waals surface area (Å²) >= 11 is 0. The highest BCUT2D eigenvalue weighted by atomic mass is 16.3. The summed E-state index contributed by atoms with van der Waals surface area (Å²) in [5.74, 6) is 0. The van der Waals surface area contributed by atoms with Crippen LogP contribution in [-0.4, -0.2) is 35.2 Å². The van der Waals surface area contributed by atoms with E-state index in [9.17, 15) is 5.11 Å². The molecule has 0 saturated heterocycles. The molecule has 1 N–H and O–H groups in total. The van der Waals surface area contributed by atoms with Crippen molar-refractivity contribution < 1.29 is 5.11 Å². The molecule has 1 rings (SSSR count). The maximum absolute atomic E-state index is 9.85. The van der Waals surface area contributed by atoms with Crippen molar-refractivity contribution in [3.05, 3.63) is 0 Å². The van der Waals surface area contributed by atoms with Gasteiger partial charge in [-0.1, -0.05) is 27.2 Å². The third-order valence-corrected chi connectivity index (χ3v) is 4.41. The number of rotatable bonds is 4. The molecule has 0 bridgehead atoms. The molecular formula is C14H29NO. The Labute approximate surface area is 101 Å². The van der Waals surface area contributed by atoms with E-state index in [0.717, 1.165) is 19.3 Å². The van der Waals surface area contributed by atoms with Gasteiger partial charge in [-0.05, 0) is 45.1 Å². The summed E-state index contributed by atoms with van der Waals surface area (Å²) in [7, 11) is 2.23. The van der Waals surface area contributed by atoms with Crippen molar-refractivity contribution >= 4 is 0 Å². The van der Waals surface area contributed by atoms with Gasteiger partial charge in [0.15, 0.2) is 0 Å². The quantitative estimate of drug-likeness (QED) is 0.798. The molecule has 3 atom stereocenters. The van der Waals surface area contributed by atoms with Gasteiger partial charge in [0.05, 0.1) is 6.10 Å². The molecule has 1 aliphatic carbocycles. The van der Waals surface area contributed by atoms with E-state index < -0.39 is 0 Å². The van der Waals surface area contributed by atoms with Crippen molar-refractivity contribution in [3.8, 4) is 0 Å². The molecule has 0 aromatic carbocycles. The van der Waals surface area contributed by atoms with E-state index in [-0.39, 0.29) is 6.10 Å². The molecule has 16 heavy (non-hydrogen) atoms. The molecule has 0 radical (unpaired) electrons. The summed E-state index contributed by atoms with van der Waals surface area (Å²) in [6, 6.07) is 1.15. The molecule has 2 nitrogen and oxygen atoms in total. The summed E-state index contributed by atoms with van der Waals surface area (Å²) in [6.45, 7) is 9.24. The summed E-state index contributed by atoms with van der Waals surface area (Å²) in [5.41, 5.74) is 0.343. The van der Waals surface area contributed by atoms with Crippen LogP contribution in [0.5, 0.6) is 0 Å². The lowest BCUT2D eigenvalue weighted by molar-refractivity contribution is -0.0159. The SMILES string of the molecule is CCCC(C)N(C)C1CC(O)CCC1(C)C. The first-order chi connectivity index (χ1) is 7.38. The predicted molar refractivity (Wildman–Crippen MR) is 69.6 cm³/mol. The Kier molecular flexibility index (Phi) is 4.81. The lowest BCUT2D eigenvalue weighted by Gasteiger charge is -2.47. The average molecular weight is 227 g/mol. The van der Waals surface area contributed by atoms with Crippen LogP contribution in [0.4, 0.5) is 0 Å². The first kappa shape index (κ1) is 14.0. The second-order valence-corrected chi connectivity index (χ2v) is 6.24. The van der Waals surface area contributed by atoms with Gasteiger partial charge in [-0.15, -0.1) is 0 Å². The van der Waals surface area contributed by atoms with E-state index >= 15 is 0 Å². The van der Waals surface area contributed by atoms with Gasteiger partial charge >= 0.3 is 0 Å². The molecule has 2 heteroatoms. The highest BCUT2D eigenvalue weighted by molar-refractivity contribution is 4.93. The Balaban J connectivity index is 2.67. The summed E-state index contributed by atoms with van der Waals surface area (Å²) in [6.07, 6.45) is 5.45. The van der Waals surface area contributed by atoms with Crippen LogP contribution in [-0.2, 0) is 0 Å². The normalized spacial score (nSPS) is 31.7. The van der Waals surface area contributed by atoms with E-state index in [4.69, 9.17) is 0 Å². The van der Waals surface area contributed by atoms with Crippen LogP contribution < -0.4 is 0 Å². The van der Waals surface area contributed by atoms with Crippen molar-refractivity contribution in [1.29, 1.82) is 0 Å². The first-order valence-corrected chi connectivity index (χ1v) is 6.78. The number of aliphatic hydroxyl groups excluding tert-OH is 1. The second-order valence-electron chi connectivity index (χ2n) is 6.24. The molecule has 1 fully saturated rings. The highest BCUT2D eigenvalue weighted by Gasteiger charge is 2.39. The van der Waals surface area contributed by atoms with Crippen LogP contribution in [0.1, 0.15) is 59.8 Å². The van der Waals surface area contributed by atoms with Gasteiger partial charge in [0, 0.05) is 12.1 Å². The van der Waals surface area contributed by atoms with Crippen molar-refractivity contribution in [2.75, 3.05) is 7.05 Å². The molecule has 0 aromatic rings. The number of hydrogen-bond acceptors (Lipinski definition) is 2. The molecule has 96 valence electrons. The Morgan fingerprint density at radius 1 is 1.44 bits per heavy atom. The summed E-state index contributed by atoms with van der Waals surface area (Å²) < 4.78 is 0. The average Bonchev–Trinajstić information content (AvgIpc) is 2.21. The van der Waals surface area contributed by atoms with Crippen LogP contribution in [0.25, 0.3) is 0 Å². The fraction of sp³-hybridized carbons (Fsp3) is 1.00. The second kappa shape index (κ2) is 5.50. The molecule has 0 aliphatic heterocycles. The third-order valence-electron chi connectivity index (χ3n) is 4.41. The minimum Gasteiger partial charge on any atom is -0.393 e. The van der Waals surface area contributed by atoms with Gasteiger partial charge in [0.25, 0.3) is 0 Å². The zero-order valence-corrected chi connectivity index (χ0v) is 11.7. The lowest BCUT2D eigenvalue weighted by atomic mass is 9.71. The molecule has 1 saturated carbocycles. The summed E-state index contributed by atoms with van der Waals surface area (Å²) in [5, 5.41) is 9.85. The number of nitrogens with zero attached hydrogens (tertiary/aromatic N) is 1. The molecule has 3 unspecified atom stereocenters. The Hall–Kier alpha value is -0.0800. The molecular weight excluding hydrogens is 198 g/mol. The Bertz CT molecular complexity index is 215. The molecule has 0 heterocycles. The Morgan fingerprint density at radius 3 is 2.62 bits per heavy atom. The van der Waals surface area contributed by atoms with Crippen LogP contribution in [0.15, 0.2) is 0 Å². The summed E-state index contributed by atoms with van der Waals surface area (Å²) in [4.78, 5) is 2.49. The van der Waals surface area contributed by atoms with E-state index in [2.05, 4.69) is 39.6 Å². The van der Waals surface area contributed by atoms with Gasteiger partial charge < -0.3 is 10.0 Å². The predicted octanol–water partition coefficient (Wildman–Crippen LogP) is 3.05. The minimum atomic E-state index is -0.0886. The van der Waals surface area contributed by atoms with Gasteiger partial charge in [-0.25, -0.2) is 0 Å². The fourth-order valence-corrected chi connectivity index (χ4v) is 3.05. The fourth-order valence-electron chi connectivity index (χ4n) is 3.05. The van der Waals surface area contributed by atoms with Gasteiger partial charge in [-0.2, -0.15) is 0 Å². The highest BCUT2D eigenvalue weighted by Crippen LogP contribution is 2.39. The lowest BCUT2D eigenvalue weighted by Crippen LogP contribution is -2.51. The van der Waals surface area contributed by atoms with Crippen LogP contribution in [0.2, 0.25) is 0 Å². The van der Waals surface area contributed by atoms with Crippen molar-refractivity contribution in [3.63, 3.8) is 0 Å². The number of hydrogen-bond donors (Lipinski definition) is 1. The van der Waals surface area contributed by atoms with Crippen molar-refractivity contribution in [1.82, 2.24) is 4.90 Å². The van der Waals surface area contributed by atoms with Crippen LogP contribution in [0, 0.1) is 5.41 Å². The monoisotopic (exact) mass is 227 g/mol. The maximum atomic E-state index is 9.85. The largest absolute Gasteiger partial charge is 0.393 e. The van der Waals surface area contributed by atoms with Gasteiger partial charge in [0.1, 0.15) is 0 Å². The van der Waals surface area contributed by atoms with Crippen LogP contribution in [0.3, 0.4) is 0 Å². The van der Waals surface area contributed by atoms with E-state index in [1.165, 1.54) is 12.8 Å². The van der Waals surface area contributed by atoms with Crippen molar-refractivity contribution in [2.24, 2.45) is 5.41 Å². The molecule has 0 spiro atoms. The molecule has 0 aromatic heterocycles. The minimum absolute atomic E-state index is 0.0886. The van der Waals surface area contributed by atoms with Crippen LogP contribution >= 0.6 is 0 Å².